The van der Waals surface area contributed by atoms with Gasteiger partial charge in [-0.25, -0.2) is 4.39 Å². The van der Waals surface area contributed by atoms with Gasteiger partial charge in [0.15, 0.2) is 0 Å². The fourth-order valence-corrected chi connectivity index (χ4v) is 2.31. The molecule has 2 rings (SSSR count). The van der Waals surface area contributed by atoms with E-state index in [1.807, 2.05) is 0 Å². The molecule has 24 heavy (non-hydrogen) atoms. The van der Waals surface area contributed by atoms with Crippen LogP contribution in [0.3, 0.4) is 0 Å². The summed E-state index contributed by atoms with van der Waals surface area (Å²) in [6.07, 6.45) is 0. The maximum Gasteiger partial charge on any atom is 0.251 e. The molecule has 2 N–H and O–H groups in total. The van der Waals surface area contributed by atoms with Gasteiger partial charge in [0.1, 0.15) is 11.9 Å². The van der Waals surface area contributed by atoms with Crippen LogP contribution in [0, 0.1) is 11.7 Å². The Bertz CT molecular complexity index is 735. The lowest BCUT2D eigenvalue weighted by molar-refractivity contribution is -0.118. The van der Waals surface area contributed by atoms with Crippen LogP contribution in [0.25, 0.3) is 0 Å². The largest absolute Gasteiger partial charge is 0.340 e. The molecule has 0 aromatic heterocycles. The summed E-state index contributed by atoms with van der Waals surface area (Å²) in [5.41, 5.74) is 0.470. The van der Waals surface area contributed by atoms with Crippen molar-refractivity contribution in [2.24, 2.45) is 5.92 Å². The highest BCUT2D eigenvalue weighted by molar-refractivity contribution is 6.30. The quantitative estimate of drug-likeness (QED) is 0.861. The Morgan fingerprint density at radius 1 is 1.08 bits per heavy atom. The van der Waals surface area contributed by atoms with Crippen molar-refractivity contribution in [1.82, 2.24) is 5.32 Å². The number of carbonyl (C=O) groups is 2. The van der Waals surface area contributed by atoms with Crippen LogP contribution >= 0.6 is 11.6 Å². The molecule has 2 aromatic rings. The zero-order valence-electron chi connectivity index (χ0n) is 13.3. The summed E-state index contributed by atoms with van der Waals surface area (Å²) in [6, 6.07) is 11.8. The zero-order chi connectivity index (χ0) is 17.7. The van der Waals surface area contributed by atoms with Crippen LogP contribution in [-0.2, 0) is 4.79 Å². The molecular weight excluding hydrogens is 331 g/mol. The normalized spacial score (nSPS) is 11.9. The van der Waals surface area contributed by atoms with Crippen LogP contribution in [0.4, 0.5) is 10.1 Å². The van der Waals surface area contributed by atoms with E-state index in [1.54, 1.807) is 44.2 Å². The Labute approximate surface area is 145 Å². The van der Waals surface area contributed by atoms with Crippen LogP contribution in [-0.4, -0.2) is 17.9 Å². The molecule has 0 aliphatic heterocycles. The minimum atomic E-state index is -0.798. The van der Waals surface area contributed by atoms with Gasteiger partial charge in [-0.3, -0.25) is 9.59 Å². The Kier molecular flexibility index (Phi) is 5.93. The van der Waals surface area contributed by atoms with Crippen LogP contribution in [0.2, 0.25) is 5.02 Å². The SMILES string of the molecule is CC(C)C(NC(=O)c1ccccc1)C(=O)Nc1ccc(Cl)cc1F. The number of hydrogen-bond donors (Lipinski definition) is 2. The average Bonchev–Trinajstić information content (AvgIpc) is 2.55. The molecule has 4 nitrogen and oxygen atoms in total. The fraction of sp³-hybridized carbons (Fsp3) is 0.222. The minimum Gasteiger partial charge on any atom is -0.340 e. The van der Waals surface area contributed by atoms with Crippen molar-refractivity contribution in [3.63, 3.8) is 0 Å². The zero-order valence-corrected chi connectivity index (χ0v) is 14.1. The van der Waals surface area contributed by atoms with Gasteiger partial charge in [-0.2, -0.15) is 0 Å². The van der Waals surface area contributed by atoms with Gasteiger partial charge in [-0.15, -0.1) is 0 Å². The molecule has 0 aliphatic rings. The molecule has 6 heteroatoms. The van der Waals surface area contributed by atoms with Crippen LogP contribution < -0.4 is 10.6 Å². The van der Waals surface area contributed by atoms with Crippen LogP contribution in [0.15, 0.2) is 48.5 Å². The highest BCUT2D eigenvalue weighted by Crippen LogP contribution is 2.19. The predicted octanol–water partition coefficient (Wildman–Crippen LogP) is 3.87. The van der Waals surface area contributed by atoms with E-state index < -0.39 is 17.8 Å². The molecule has 0 radical (unpaired) electrons. The minimum absolute atomic E-state index is 0.0176. The summed E-state index contributed by atoms with van der Waals surface area (Å²) in [6.45, 7) is 3.60. The van der Waals surface area contributed by atoms with E-state index >= 15 is 0 Å². The second kappa shape index (κ2) is 7.93. The lowest BCUT2D eigenvalue weighted by atomic mass is 10.0. The van der Waals surface area contributed by atoms with Crippen molar-refractivity contribution < 1.29 is 14.0 Å². The third-order valence-electron chi connectivity index (χ3n) is 3.46. The lowest BCUT2D eigenvalue weighted by Gasteiger charge is -2.22. The Morgan fingerprint density at radius 3 is 2.33 bits per heavy atom. The third kappa shape index (κ3) is 4.55. The summed E-state index contributed by atoms with van der Waals surface area (Å²) in [5, 5.41) is 5.41. The molecule has 0 aliphatic carbocycles. The molecule has 0 heterocycles. The van der Waals surface area contributed by atoms with E-state index in [0.29, 0.717) is 5.56 Å². The molecule has 2 aromatic carbocycles. The molecule has 0 saturated carbocycles. The van der Waals surface area contributed by atoms with Crippen molar-refractivity contribution in [2.45, 2.75) is 19.9 Å². The number of anilines is 1. The molecule has 2 amide bonds. The number of carbonyl (C=O) groups excluding carboxylic acids is 2. The Balaban J connectivity index is 2.12. The molecular formula is C18H18ClFN2O2. The summed E-state index contributed by atoms with van der Waals surface area (Å²) in [5.74, 6) is -1.66. The second-order valence-electron chi connectivity index (χ2n) is 5.67. The first kappa shape index (κ1) is 17.9. The van der Waals surface area contributed by atoms with Gasteiger partial charge in [0.05, 0.1) is 5.69 Å². The third-order valence-corrected chi connectivity index (χ3v) is 3.70. The number of rotatable bonds is 5. The average molecular weight is 349 g/mol. The molecule has 0 spiro atoms. The van der Waals surface area contributed by atoms with E-state index in [4.69, 9.17) is 11.6 Å². The van der Waals surface area contributed by atoms with Crippen molar-refractivity contribution in [2.75, 3.05) is 5.32 Å². The maximum absolute atomic E-state index is 13.8. The number of hydrogen-bond acceptors (Lipinski definition) is 2. The van der Waals surface area contributed by atoms with Crippen molar-refractivity contribution in [3.05, 3.63) is 64.9 Å². The Hall–Kier alpha value is -2.40. The van der Waals surface area contributed by atoms with E-state index in [2.05, 4.69) is 10.6 Å². The van der Waals surface area contributed by atoms with E-state index in [9.17, 15) is 14.0 Å². The number of benzene rings is 2. The number of halogens is 2. The lowest BCUT2D eigenvalue weighted by Crippen LogP contribution is -2.47. The summed E-state index contributed by atoms with van der Waals surface area (Å²) < 4.78 is 13.8. The van der Waals surface area contributed by atoms with Gasteiger partial charge in [0.25, 0.3) is 5.91 Å². The molecule has 0 saturated heterocycles. The molecule has 1 unspecified atom stereocenters. The molecule has 0 bridgehead atoms. The maximum atomic E-state index is 13.8. The smallest absolute Gasteiger partial charge is 0.251 e. The van der Waals surface area contributed by atoms with Gasteiger partial charge in [-0.1, -0.05) is 43.6 Å². The highest BCUT2D eigenvalue weighted by Gasteiger charge is 2.25. The van der Waals surface area contributed by atoms with Gasteiger partial charge < -0.3 is 10.6 Å². The van der Waals surface area contributed by atoms with Crippen molar-refractivity contribution in [1.29, 1.82) is 0 Å². The fourth-order valence-electron chi connectivity index (χ4n) is 2.15. The van der Waals surface area contributed by atoms with Crippen molar-refractivity contribution >= 4 is 29.1 Å². The van der Waals surface area contributed by atoms with Crippen molar-refractivity contribution in [3.8, 4) is 0 Å². The van der Waals surface area contributed by atoms with E-state index in [0.717, 1.165) is 6.07 Å². The van der Waals surface area contributed by atoms with Crippen LogP contribution in [0.1, 0.15) is 24.2 Å². The first-order valence-corrected chi connectivity index (χ1v) is 7.88. The predicted molar refractivity (Wildman–Crippen MR) is 92.6 cm³/mol. The number of amides is 2. The Morgan fingerprint density at radius 2 is 1.75 bits per heavy atom. The van der Waals surface area contributed by atoms with Crippen LogP contribution in [0.5, 0.6) is 0 Å². The molecule has 1 atom stereocenters. The summed E-state index contributed by atoms with van der Waals surface area (Å²) in [7, 11) is 0. The number of nitrogens with one attached hydrogen (secondary N) is 2. The monoisotopic (exact) mass is 348 g/mol. The van der Waals surface area contributed by atoms with Gasteiger partial charge >= 0.3 is 0 Å². The van der Waals surface area contributed by atoms with Gasteiger partial charge in [0, 0.05) is 10.6 Å². The second-order valence-corrected chi connectivity index (χ2v) is 6.11. The van der Waals surface area contributed by atoms with Gasteiger partial charge in [0.2, 0.25) is 5.91 Å². The molecule has 126 valence electrons. The summed E-state index contributed by atoms with van der Waals surface area (Å²) in [4.78, 5) is 24.7. The van der Waals surface area contributed by atoms with E-state index in [1.165, 1.54) is 12.1 Å². The molecule has 0 fully saturated rings. The van der Waals surface area contributed by atoms with E-state index in [-0.39, 0.29) is 22.5 Å². The highest BCUT2D eigenvalue weighted by atomic mass is 35.5. The first-order valence-electron chi connectivity index (χ1n) is 7.50. The standard InChI is InChI=1S/C18H18ClFN2O2/c1-11(2)16(22-17(23)12-6-4-3-5-7-12)18(24)21-15-9-8-13(19)10-14(15)20/h3-11,16H,1-2H3,(H,21,24)(H,22,23). The first-order chi connectivity index (χ1) is 11.4. The summed E-state index contributed by atoms with van der Waals surface area (Å²) >= 11 is 5.69. The topological polar surface area (TPSA) is 58.2 Å². The van der Waals surface area contributed by atoms with Gasteiger partial charge in [-0.05, 0) is 36.2 Å².